The molecule has 0 bridgehead atoms. The van der Waals surface area contributed by atoms with Crippen LogP contribution in [0.4, 0.5) is 11.6 Å². The van der Waals surface area contributed by atoms with Gasteiger partial charge in [0.2, 0.25) is 5.95 Å². The van der Waals surface area contributed by atoms with Crippen molar-refractivity contribution in [2.24, 2.45) is 0 Å². The summed E-state index contributed by atoms with van der Waals surface area (Å²) in [5.41, 5.74) is 1.96. The van der Waals surface area contributed by atoms with Crippen molar-refractivity contribution in [3.05, 3.63) is 41.7 Å². The highest BCUT2D eigenvalue weighted by Gasteiger charge is 2.12. The van der Waals surface area contributed by atoms with Gasteiger partial charge in [0.25, 0.3) is 5.91 Å². The van der Waals surface area contributed by atoms with Gasteiger partial charge in [0.15, 0.2) is 0 Å². The van der Waals surface area contributed by atoms with Crippen LogP contribution in [0, 0.1) is 6.92 Å². The molecule has 1 amide bonds. The number of rotatable bonds is 7. The van der Waals surface area contributed by atoms with Crippen molar-refractivity contribution in [3.63, 3.8) is 0 Å². The van der Waals surface area contributed by atoms with Crippen molar-refractivity contribution in [2.45, 2.75) is 26.7 Å². The normalized spacial score (nSPS) is 10.2. The van der Waals surface area contributed by atoms with Gasteiger partial charge in [-0.05, 0) is 37.1 Å². The van der Waals surface area contributed by atoms with Crippen molar-refractivity contribution >= 4 is 17.5 Å². The Kier molecular flexibility index (Phi) is 5.91. The molecule has 0 aliphatic rings. The van der Waals surface area contributed by atoms with Crippen LogP contribution in [0.5, 0.6) is 5.75 Å². The molecule has 0 spiro atoms. The number of nitrogens with one attached hydrogen (secondary N) is 2. The molecular formula is C17H22N4O2. The van der Waals surface area contributed by atoms with E-state index in [1.165, 1.54) is 0 Å². The molecule has 0 radical (unpaired) electrons. The van der Waals surface area contributed by atoms with Gasteiger partial charge in [0.1, 0.15) is 11.4 Å². The number of hydrogen-bond acceptors (Lipinski definition) is 5. The Labute approximate surface area is 136 Å². The van der Waals surface area contributed by atoms with Crippen molar-refractivity contribution in [1.82, 2.24) is 9.97 Å². The number of amides is 1. The third-order valence-electron chi connectivity index (χ3n) is 3.30. The second-order valence-corrected chi connectivity index (χ2v) is 5.20. The van der Waals surface area contributed by atoms with Crippen LogP contribution in [0.3, 0.4) is 0 Å². The van der Waals surface area contributed by atoms with E-state index in [1.807, 2.05) is 25.1 Å². The van der Waals surface area contributed by atoms with E-state index in [9.17, 15) is 4.79 Å². The molecular weight excluding hydrogens is 292 g/mol. The van der Waals surface area contributed by atoms with Gasteiger partial charge in [0.05, 0.1) is 12.8 Å². The Hall–Kier alpha value is -2.63. The standard InChI is InChI=1S/C17H22N4O2/c1-4-5-9-18-17-19-10-8-13(21-17)16(22)20-14-11-12(2)6-7-15(14)23-3/h6-8,10-11H,4-5,9H2,1-3H3,(H,20,22)(H,18,19,21). The average molecular weight is 314 g/mol. The maximum absolute atomic E-state index is 12.4. The molecule has 122 valence electrons. The average Bonchev–Trinajstić information content (AvgIpc) is 2.55. The summed E-state index contributed by atoms with van der Waals surface area (Å²) >= 11 is 0. The lowest BCUT2D eigenvalue weighted by Gasteiger charge is -2.11. The molecule has 1 heterocycles. The van der Waals surface area contributed by atoms with E-state index in [0.29, 0.717) is 23.1 Å². The number of anilines is 2. The van der Waals surface area contributed by atoms with Crippen LogP contribution in [0.2, 0.25) is 0 Å². The molecule has 2 N–H and O–H groups in total. The Morgan fingerprint density at radius 3 is 2.87 bits per heavy atom. The maximum atomic E-state index is 12.4. The lowest BCUT2D eigenvalue weighted by atomic mass is 10.2. The minimum Gasteiger partial charge on any atom is -0.495 e. The second kappa shape index (κ2) is 8.12. The molecule has 1 aromatic carbocycles. The van der Waals surface area contributed by atoms with E-state index in [4.69, 9.17) is 4.74 Å². The van der Waals surface area contributed by atoms with Crippen LogP contribution < -0.4 is 15.4 Å². The second-order valence-electron chi connectivity index (χ2n) is 5.20. The van der Waals surface area contributed by atoms with Crippen LogP contribution >= 0.6 is 0 Å². The zero-order chi connectivity index (χ0) is 16.7. The van der Waals surface area contributed by atoms with Crippen LogP contribution in [0.25, 0.3) is 0 Å². The third-order valence-corrected chi connectivity index (χ3v) is 3.30. The summed E-state index contributed by atoms with van der Waals surface area (Å²) in [7, 11) is 1.57. The molecule has 0 atom stereocenters. The SMILES string of the molecule is CCCCNc1nccc(C(=O)Nc2cc(C)ccc2OC)n1. The van der Waals surface area contributed by atoms with Crippen molar-refractivity contribution < 1.29 is 9.53 Å². The summed E-state index contributed by atoms with van der Waals surface area (Å²) < 4.78 is 5.27. The molecule has 0 fully saturated rings. The summed E-state index contributed by atoms with van der Waals surface area (Å²) in [5.74, 6) is 0.774. The van der Waals surface area contributed by atoms with Gasteiger partial charge in [-0.1, -0.05) is 19.4 Å². The Morgan fingerprint density at radius 2 is 2.13 bits per heavy atom. The summed E-state index contributed by atoms with van der Waals surface area (Å²) in [6, 6.07) is 7.19. The van der Waals surface area contributed by atoms with E-state index in [-0.39, 0.29) is 5.91 Å². The van der Waals surface area contributed by atoms with Gasteiger partial charge in [-0.3, -0.25) is 4.79 Å². The van der Waals surface area contributed by atoms with Crippen molar-refractivity contribution in [2.75, 3.05) is 24.3 Å². The first-order chi connectivity index (χ1) is 11.1. The predicted octanol–water partition coefficient (Wildman–Crippen LogP) is 3.26. The van der Waals surface area contributed by atoms with E-state index < -0.39 is 0 Å². The van der Waals surface area contributed by atoms with Gasteiger partial charge < -0.3 is 15.4 Å². The molecule has 6 nitrogen and oxygen atoms in total. The number of benzene rings is 1. The fourth-order valence-electron chi connectivity index (χ4n) is 2.05. The maximum Gasteiger partial charge on any atom is 0.274 e. The number of aromatic nitrogens is 2. The first-order valence-corrected chi connectivity index (χ1v) is 7.67. The summed E-state index contributed by atoms with van der Waals surface area (Å²) in [5, 5.41) is 5.94. The Balaban J connectivity index is 2.11. The fourth-order valence-corrected chi connectivity index (χ4v) is 2.05. The monoisotopic (exact) mass is 314 g/mol. The number of ether oxygens (including phenoxy) is 1. The number of nitrogens with zero attached hydrogens (tertiary/aromatic N) is 2. The topological polar surface area (TPSA) is 76.1 Å². The first-order valence-electron chi connectivity index (χ1n) is 7.67. The lowest BCUT2D eigenvalue weighted by molar-refractivity contribution is 0.102. The third kappa shape index (κ3) is 4.67. The molecule has 0 aliphatic carbocycles. The molecule has 23 heavy (non-hydrogen) atoms. The number of methoxy groups -OCH3 is 1. The zero-order valence-corrected chi connectivity index (χ0v) is 13.7. The van der Waals surface area contributed by atoms with Crippen LogP contribution in [0.15, 0.2) is 30.5 Å². The Morgan fingerprint density at radius 1 is 1.30 bits per heavy atom. The van der Waals surface area contributed by atoms with Crippen molar-refractivity contribution in [3.8, 4) is 5.75 Å². The highest BCUT2D eigenvalue weighted by atomic mass is 16.5. The molecule has 1 aromatic heterocycles. The summed E-state index contributed by atoms with van der Waals surface area (Å²) in [6.45, 7) is 4.85. The summed E-state index contributed by atoms with van der Waals surface area (Å²) in [6.07, 6.45) is 3.68. The highest BCUT2D eigenvalue weighted by molar-refractivity contribution is 6.03. The van der Waals surface area contributed by atoms with E-state index in [0.717, 1.165) is 24.9 Å². The number of carbonyl (C=O) groups excluding carboxylic acids is 1. The molecule has 2 aromatic rings. The van der Waals surface area contributed by atoms with Crippen LogP contribution in [0.1, 0.15) is 35.8 Å². The molecule has 0 unspecified atom stereocenters. The Bertz CT molecular complexity index is 673. The number of carbonyl (C=O) groups is 1. The zero-order valence-electron chi connectivity index (χ0n) is 13.7. The highest BCUT2D eigenvalue weighted by Crippen LogP contribution is 2.25. The first kappa shape index (κ1) is 16.7. The predicted molar refractivity (Wildman–Crippen MR) is 91.1 cm³/mol. The van der Waals surface area contributed by atoms with E-state index in [1.54, 1.807) is 19.4 Å². The van der Waals surface area contributed by atoms with Crippen LogP contribution in [-0.2, 0) is 0 Å². The minimum absolute atomic E-state index is 0.296. The molecule has 0 saturated carbocycles. The van der Waals surface area contributed by atoms with Gasteiger partial charge in [-0.25, -0.2) is 9.97 Å². The number of aryl methyl sites for hydroxylation is 1. The van der Waals surface area contributed by atoms with Crippen molar-refractivity contribution in [1.29, 1.82) is 0 Å². The minimum atomic E-state index is -0.296. The molecule has 2 rings (SSSR count). The van der Waals surface area contributed by atoms with Crippen LogP contribution in [-0.4, -0.2) is 29.5 Å². The van der Waals surface area contributed by atoms with E-state index >= 15 is 0 Å². The lowest BCUT2D eigenvalue weighted by Crippen LogP contribution is -2.16. The van der Waals surface area contributed by atoms with E-state index in [2.05, 4.69) is 27.5 Å². The quantitative estimate of drug-likeness (QED) is 0.767. The number of unbranched alkanes of at least 4 members (excludes halogenated alkanes) is 1. The van der Waals surface area contributed by atoms with Gasteiger partial charge in [0, 0.05) is 12.7 Å². The smallest absolute Gasteiger partial charge is 0.274 e. The fraction of sp³-hybridized carbons (Fsp3) is 0.353. The van der Waals surface area contributed by atoms with Gasteiger partial charge in [-0.2, -0.15) is 0 Å². The number of hydrogen-bond donors (Lipinski definition) is 2. The largest absolute Gasteiger partial charge is 0.495 e. The van der Waals surface area contributed by atoms with Gasteiger partial charge in [-0.15, -0.1) is 0 Å². The molecule has 0 aliphatic heterocycles. The van der Waals surface area contributed by atoms with Gasteiger partial charge >= 0.3 is 0 Å². The summed E-state index contributed by atoms with van der Waals surface area (Å²) in [4.78, 5) is 20.8. The molecule has 6 heteroatoms. The molecule has 0 saturated heterocycles.